The van der Waals surface area contributed by atoms with Gasteiger partial charge in [-0.25, -0.2) is 12.7 Å². The van der Waals surface area contributed by atoms with Crippen LogP contribution in [0.15, 0.2) is 77.2 Å². The smallest absolute Gasteiger partial charge is 0.268 e. The number of amides is 1. The van der Waals surface area contributed by atoms with Crippen molar-refractivity contribution in [2.75, 3.05) is 0 Å². The molecular formula is C25H21NO4S. The highest BCUT2D eigenvalue weighted by molar-refractivity contribution is 7.99. The van der Waals surface area contributed by atoms with Crippen LogP contribution in [-0.2, 0) is 14.8 Å². The van der Waals surface area contributed by atoms with Crippen molar-refractivity contribution >= 4 is 42.8 Å². The summed E-state index contributed by atoms with van der Waals surface area (Å²) in [4.78, 5) is 12.4. The van der Waals surface area contributed by atoms with Crippen molar-refractivity contribution in [2.45, 2.75) is 26.3 Å². The molecule has 0 spiro atoms. The molecule has 0 atom stereocenters. The summed E-state index contributed by atoms with van der Waals surface area (Å²) >= 11 is 0. The predicted molar refractivity (Wildman–Crippen MR) is 123 cm³/mol. The summed E-state index contributed by atoms with van der Waals surface area (Å²) in [5.41, 5.74) is 3.10. The van der Waals surface area contributed by atoms with Crippen molar-refractivity contribution in [2.24, 2.45) is 0 Å². The summed E-state index contributed by atoms with van der Waals surface area (Å²) < 4.78 is 33.1. The number of fused-ring (bicyclic) bond motifs is 3. The molecule has 1 aromatic heterocycles. The lowest BCUT2D eigenvalue weighted by atomic mass is 10.0. The third-order valence-electron chi connectivity index (χ3n) is 5.47. The topological polar surface area (TPSA) is 67.6 Å². The fourth-order valence-corrected chi connectivity index (χ4v) is 6.07. The molecule has 0 saturated carbocycles. The van der Waals surface area contributed by atoms with Crippen LogP contribution in [0.3, 0.4) is 0 Å². The number of carbonyl (C=O) groups is 1. The van der Waals surface area contributed by atoms with Gasteiger partial charge in [0, 0.05) is 22.4 Å². The molecule has 3 aromatic carbocycles. The molecule has 6 heteroatoms. The monoisotopic (exact) mass is 431 g/mol. The van der Waals surface area contributed by atoms with E-state index in [2.05, 4.69) is 0 Å². The van der Waals surface area contributed by atoms with Gasteiger partial charge in [0.05, 0.1) is 5.54 Å². The Morgan fingerprint density at radius 1 is 0.806 bits per heavy atom. The van der Waals surface area contributed by atoms with Gasteiger partial charge in [0.2, 0.25) is 0 Å². The molecule has 0 aliphatic carbocycles. The van der Waals surface area contributed by atoms with Crippen LogP contribution in [0.2, 0.25) is 0 Å². The lowest BCUT2D eigenvalue weighted by molar-refractivity contribution is -0.123. The molecule has 2 heterocycles. The quantitative estimate of drug-likeness (QED) is 0.416. The Balaban J connectivity index is 1.58. The van der Waals surface area contributed by atoms with E-state index in [1.54, 1.807) is 32.9 Å². The molecule has 0 saturated heterocycles. The fraction of sp³-hybridized carbons (Fsp3) is 0.160. The molecule has 1 aliphatic rings. The van der Waals surface area contributed by atoms with E-state index in [4.69, 9.17) is 4.42 Å². The van der Waals surface area contributed by atoms with Crippen LogP contribution in [-0.4, -0.2) is 24.2 Å². The van der Waals surface area contributed by atoms with Crippen LogP contribution in [0.1, 0.15) is 26.3 Å². The summed E-state index contributed by atoms with van der Waals surface area (Å²) in [6.07, 6.45) is 1.20. The van der Waals surface area contributed by atoms with Crippen molar-refractivity contribution in [3.63, 3.8) is 0 Å². The summed E-state index contributed by atoms with van der Waals surface area (Å²) in [7, 11) is -3.89. The summed E-state index contributed by atoms with van der Waals surface area (Å²) in [5.74, 6) is -0.515. The summed E-state index contributed by atoms with van der Waals surface area (Å²) in [5, 5.41) is 2.09. The number of rotatable bonds is 2. The first-order valence-electron chi connectivity index (χ1n) is 10.00. The van der Waals surface area contributed by atoms with Crippen LogP contribution in [0.5, 0.6) is 0 Å². The number of sulfonamides is 1. The molecule has 0 radical (unpaired) electrons. The molecule has 0 fully saturated rings. The van der Waals surface area contributed by atoms with Gasteiger partial charge in [0.15, 0.2) is 0 Å². The Kier molecular flexibility index (Phi) is 4.14. The SMILES string of the molecule is CC(C)(C)N1C(=O)C=C(c2ccc(-c3cccc4c3oc3ccccc34)cc2)S1(=O)=O. The second-order valence-electron chi connectivity index (χ2n) is 8.64. The van der Waals surface area contributed by atoms with E-state index >= 15 is 0 Å². The van der Waals surface area contributed by atoms with Gasteiger partial charge >= 0.3 is 0 Å². The third-order valence-corrected chi connectivity index (χ3v) is 7.58. The minimum Gasteiger partial charge on any atom is -0.455 e. The second kappa shape index (κ2) is 6.56. The van der Waals surface area contributed by atoms with Crippen molar-refractivity contribution in [3.8, 4) is 11.1 Å². The highest BCUT2D eigenvalue weighted by atomic mass is 32.2. The lowest BCUT2D eigenvalue weighted by Gasteiger charge is -2.30. The number of carbonyl (C=O) groups excluding carboxylic acids is 1. The third kappa shape index (κ3) is 2.98. The normalized spacial score (nSPS) is 16.3. The van der Waals surface area contributed by atoms with Crippen LogP contribution < -0.4 is 0 Å². The Bertz CT molecular complexity index is 1490. The second-order valence-corrected chi connectivity index (χ2v) is 10.4. The van der Waals surface area contributed by atoms with Gasteiger partial charge in [-0.15, -0.1) is 0 Å². The summed E-state index contributed by atoms with van der Waals surface area (Å²) in [6.45, 7) is 5.11. The van der Waals surface area contributed by atoms with Crippen LogP contribution >= 0.6 is 0 Å². The van der Waals surface area contributed by atoms with E-state index in [-0.39, 0.29) is 4.91 Å². The van der Waals surface area contributed by atoms with Crippen molar-refractivity contribution in [1.82, 2.24) is 4.31 Å². The first-order valence-corrected chi connectivity index (χ1v) is 11.4. The number of hydrogen-bond acceptors (Lipinski definition) is 4. The van der Waals surface area contributed by atoms with Crippen LogP contribution in [0, 0.1) is 0 Å². The van der Waals surface area contributed by atoms with E-state index in [1.807, 2.05) is 54.6 Å². The Morgan fingerprint density at radius 3 is 2.13 bits per heavy atom. The van der Waals surface area contributed by atoms with Crippen LogP contribution in [0.4, 0.5) is 0 Å². The zero-order valence-corrected chi connectivity index (χ0v) is 18.2. The molecule has 1 amide bonds. The summed E-state index contributed by atoms with van der Waals surface area (Å²) in [6, 6.07) is 21.1. The van der Waals surface area contributed by atoms with Crippen molar-refractivity contribution in [1.29, 1.82) is 0 Å². The Labute approximate surface area is 180 Å². The maximum Gasteiger partial charge on any atom is 0.268 e. The van der Waals surface area contributed by atoms with E-state index in [0.29, 0.717) is 5.56 Å². The standard InChI is InChI=1S/C25H21NO4S/c1-25(2,3)26-23(27)15-22(31(26,28)29)17-13-11-16(12-14-17)18-8-6-9-20-19-7-4-5-10-21(19)30-24(18)20/h4-15H,1-3H3. The van der Waals surface area contributed by atoms with Gasteiger partial charge < -0.3 is 4.42 Å². The molecule has 0 N–H and O–H groups in total. The zero-order chi connectivity index (χ0) is 22.0. The number of hydrogen-bond donors (Lipinski definition) is 0. The highest BCUT2D eigenvalue weighted by Crippen LogP contribution is 2.38. The molecule has 31 heavy (non-hydrogen) atoms. The average Bonchev–Trinajstić information content (AvgIpc) is 3.21. The average molecular weight is 432 g/mol. The molecule has 5 rings (SSSR count). The lowest BCUT2D eigenvalue weighted by Crippen LogP contribution is -2.45. The van der Waals surface area contributed by atoms with Crippen molar-refractivity contribution in [3.05, 3.63) is 78.4 Å². The molecule has 0 unspecified atom stereocenters. The molecular weight excluding hydrogens is 410 g/mol. The Hall–Kier alpha value is -3.38. The van der Waals surface area contributed by atoms with E-state index in [1.165, 1.54) is 6.08 Å². The van der Waals surface area contributed by atoms with E-state index < -0.39 is 21.5 Å². The van der Waals surface area contributed by atoms with Crippen LogP contribution in [0.25, 0.3) is 38.0 Å². The molecule has 5 nitrogen and oxygen atoms in total. The molecule has 0 bridgehead atoms. The van der Waals surface area contributed by atoms with Gasteiger partial charge in [-0.1, -0.05) is 60.7 Å². The minimum absolute atomic E-state index is 0.0286. The minimum atomic E-state index is -3.89. The fourth-order valence-electron chi connectivity index (χ4n) is 4.17. The molecule has 4 aromatic rings. The van der Waals surface area contributed by atoms with Gasteiger partial charge in [-0.3, -0.25) is 4.79 Å². The number of furan rings is 1. The first-order chi connectivity index (χ1) is 14.7. The zero-order valence-electron chi connectivity index (χ0n) is 17.4. The first kappa shape index (κ1) is 19.6. The van der Waals surface area contributed by atoms with Gasteiger partial charge in [0.25, 0.3) is 15.9 Å². The maximum absolute atomic E-state index is 13.0. The largest absolute Gasteiger partial charge is 0.455 e. The predicted octanol–water partition coefficient (Wildman–Crippen LogP) is 5.56. The van der Waals surface area contributed by atoms with Gasteiger partial charge in [-0.2, -0.15) is 0 Å². The highest BCUT2D eigenvalue weighted by Gasteiger charge is 2.44. The number of nitrogens with zero attached hydrogens (tertiary/aromatic N) is 1. The van der Waals surface area contributed by atoms with E-state index in [9.17, 15) is 13.2 Å². The molecule has 156 valence electrons. The number of benzene rings is 3. The number of para-hydroxylation sites is 2. The van der Waals surface area contributed by atoms with E-state index in [0.717, 1.165) is 37.4 Å². The maximum atomic E-state index is 13.0. The molecule has 1 aliphatic heterocycles. The van der Waals surface area contributed by atoms with Crippen molar-refractivity contribution < 1.29 is 17.6 Å². The van der Waals surface area contributed by atoms with Gasteiger partial charge in [-0.05, 0) is 38.0 Å². The Morgan fingerprint density at radius 2 is 1.45 bits per heavy atom. The van der Waals surface area contributed by atoms with Gasteiger partial charge in [0.1, 0.15) is 16.1 Å².